The molecule has 2 N–H and O–H groups in total. The lowest BCUT2D eigenvalue weighted by Gasteiger charge is -2.09. The Morgan fingerprint density at radius 1 is 1.29 bits per heavy atom. The van der Waals surface area contributed by atoms with Gasteiger partial charge in [0.2, 0.25) is 0 Å². The van der Waals surface area contributed by atoms with E-state index >= 15 is 0 Å². The van der Waals surface area contributed by atoms with Crippen LogP contribution in [0, 0.1) is 0 Å². The zero-order chi connectivity index (χ0) is 14.4. The van der Waals surface area contributed by atoms with Gasteiger partial charge in [-0.2, -0.15) is 0 Å². The summed E-state index contributed by atoms with van der Waals surface area (Å²) in [5.74, 6) is 0.840. The first-order valence-corrected chi connectivity index (χ1v) is 7.67. The number of halogens is 2. The first kappa shape index (κ1) is 18.2. The molecule has 0 bridgehead atoms. The van der Waals surface area contributed by atoms with Gasteiger partial charge in [0.05, 0.1) is 12.2 Å². The molecule has 7 heteroatoms. The number of nitrogens with zero attached hydrogens (tertiary/aromatic N) is 3. The van der Waals surface area contributed by atoms with Crippen molar-refractivity contribution in [3.8, 4) is 0 Å². The zero-order valence-electron chi connectivity index (χ0n) is 12.3. The predicted octanol–water partition coefficient (Wildman–Crippen LogP) is 3.18. The summed E-state index contributed by atoms with van der Waals surface area (Å²) in [6.07, 6.45) is 5.08. The average molecular weight is 466 g/mol. The molecule has 0 spiro atoms. The number of guanidine groups is 1. The van der Waals surface area contributed by atoms with Crippen LogP contribution in [0.2, 0.25) is 0 Å². The van der Waals surface area contributed by atoms with E-state index in [1.165, 1.54) is 0 Å². The Morgan fingerprint density at radius 3 is 2.81 bits per heavy atom. The Bertz CT molecular complexity index is 596. The van der Waals surface area contributed by atoms with Crippen molar-refractivity contribution in [1.29, 1.82) is 0 Å². The summed E-state index contributed by atoms with van der Waals surface area (Å²) >= 11 is 3.46. The predicted molar refractivity (Wildman–Crippen MR) is 101 cm³/mol. The summed E-state index contributed by atoms with van der Waals surface area (Å²) in [6.45, 7) is 6.54. The molecule has 0 saturated carbocycles. The standard InChI is InChI=1S/C14H20BrN5.HI/c1-3-7-17-14(16-4-2)18-8-12-10-20-9-11(15)5-6-13(20)19-12;/h5-6,9-10H,3-4,7-8H2,1-2H3,(H2,16,17,18);1H. The molecule has 0 aliphatic heterocycles. The molecule has 2 rings (SSSR count). The van der Waals surface area contributed by atoms with Gasteiger partial charge in [-0.05, 0) is 41.4 Å². The maximum absolute atomic E-state index is 4.55. The highest BCUT2D eigenvalue weighted by Crippen LogP contribution is 2.12. The van der Waals surface area contributed by atoms with E-state index in [-0.39, 0.29) is 24.0 Å². The second kappa shape index (κ2) is 9.24. The fourth-order valence-electron chi connectivity index (χ4n) is 1.84. The third-order valence-corrected chi connectivity index (χ3v) is 3.22. The number of hydrogen-bond acceptors (Lipinski definition) is 2. The minimum absolute atomic E-state index is 0. The third-order valence-electron chi connectivity index (χ3n) is 2.75. The molecule has 2 aromatic rings. The van der Waals surface area contributed by atoms with E-state index in [4.69, 9.17) is 0 Å². The normalized spacial score (nSPS) is 11.3. The molecule has 0 saturated heterocycles. The van der Waals surface area contributed by atoms with Crippen LogP contribution in [0.15, 0.2) is 34.0 Å². The Hall–Kier alpha value is -0.830. The molecule has 0 aliphatic carbocycles. The van der Waals surface area contributed by atoms with Crippen LogP contribution in [0.4, 0.5) is 0 Å². The molecule has 5 nitrogen and oxygen atoms in total. The van der Waals surface area contributed by atoms with Crippen LogP contribution in [-0.4, -0.2) is 28.4 Å². The fourth-order valence-corrected chi connectivity index (χ4v) is 2.19. The lowest BCUT2D eigenvalue weighted by Crippen LogP contribution is -2.37. The van der Waals surface area contributed by atoms with Gasteiger partial charge in [0, 0.05) is 30.0 Å². The van der Waals surface area contributed by atoms with E-state index in [0.29, 0.717) is 6.54 Å². The maximum atomic E-state index is 4.55. The molecule has 2 heterocycles. The number of rotatable bonds is 5. The second-order valence-electron chi connectivity index (χ2n) is 4.47. The van der Waals surface area contributed by atoms with E-state index in [1.807, 2.05) is 28.9 Å². The number of pyridine rings is 1. The van der Waals surface area contributed by atoms with Crippen LogP contribution >= 0.6 is 39.9 Å². The van der Waals surface area contributed by atoms with E-state index < -0.39 is 0 Å². The molecule has 0 aliphatic rings. The third kappa shape index (κ3) is 5.46. The summed E-state index contributed by atoms with van der Waals surface area (Å²) in [4.78, 5) is 9.09. The summed E-state index contributed by atoms with van der Waals surface area (Å²) in [6, 6.07) is 3.97. The smallest absolute Gasteiger partial charge is 0.191 e. The van der Waals surface area contributed by atoms with E-state index in [9.17, 15) is 0 Å². The Labute approximate surface area is 150 Å². The molecule has 0 atom stereocenters. The molecule has 0 radical (unpaired) electrons. The number of hydrogen-bond donors (Lipinski definition) is 2. The van der Waals surface area contributed by atoms with Crippen molar-refractivity contribution in [1.82, 2.24) is 20.0 Å². The maximum Gasteiger partial charge on any atom is 0.191 e. The average Bonchev–Trinajstić information content (AvgIpc) is 2.83. The molecular weight excluding hydrogens is 445 g/mol. The molecule has 0 amide bonds. The summed E-state index contributed by atoms with van der Waals surface area (Å²) in [5, 5.41) is 6.51. The van der Waals surface area contributed by atoms with Crippen LogP contribution in [0.5, 0.6) is 0 Å². The van der Waals surface area contributed by atoms with Crippen molar-refractivity contribution < 1.29 is 0 Å². The lowest BCUT2D eigenvalue weighted by atomic mass is 10.5. The molecule has 21 heavy (non-hydrogen) atoms. The number of aromatic nitrogens is 2. The molecule has 0 aromatic carbocycles. The van der Waals surface area contributed by atoms with Crippen molar-refractivity contribution in [2.45, 2.75) is 26.8 Å². The molecule has 2 aromatic heterocycles. The van der Waals surface area contributed by atoms with E-state index in [1.54, 1.807) is 0 Å². The largest absolute Gasteiger partial charge is 0.357 e. The number of nitrogens with one attached hydrogen (secondary N) is 2. The van der Waals surface area contributed by atoms with Gasteiger partial charge in [-0.15, -0.1) is 24.0 Å². The van der Waals surface area contributed by atoms with Gasteiger partial charge in [0.15, 0.2) is 5.96 Å². The lowest BCUT2D eigenvalue weighted by molar-refractivity contribution is 0.784. The fraction of sp³-hybridized carbons (Fsp3) is 0.429. The second-order valence-corrected chi connectivity index (χ2v) is 5.38. The van der Waals surface area contributed by atoms with Crippen LogP contribution in [0.1, 0.15) is 26.0 Å². The van der Waals surface area contributed by atoms with Crippen LogP contribution in [-0.2, 0) is 6.54 Å². The highest BCUT2D eigenvalue weighted by atomic mass is 127. The molecule has 0 fully saturated rings. The summed E-state index contributed by atoms with van der Waals surface area (Å²) < 4.78 is 3.04. The Balaban J connectivity index is 0.00000220. The van der Waals surface area contributed by atoms with Gasteiger partial charge in [0.1, 0.15) is 5.65 Å². The summed E-state index contributed by atoms with van der Waals surface area (Å²) in [5.41, 5.74) is 1.89. The highest BCUT2D eigenvalue weighted by Gasteiger charge is 2.02. The topological polar surface area (TPSA) is 53.7 Å². The van der Waals surface area contributed by atoms with Crippen molar-refractivity contribution in [3.63, 3.8) is 0 Å². The van der Waals surface area contributed by atoms with Crippen molar-refractivity contribution >= 4 is 51.5 Å². The van der Waals surface area contributed by atoms with Gasteiger partial charge >= 0.3 is 0 Å². The van der Waals surface area contributed by atoms with Crippen molar-refractivity contribution in [2.75, 3.05) is 13.1 Å². The van der Waals surface area contributed by atoms with E-state index in [2.05, 4.69) is 50.4 Å². The van der Waals surface area contributed by atoms with Crippen LogP contribution in [0.3, 0.4) is 0 Å². The minimum Gasteiger partial charge on any atom is -0.357 e. The number of imidazole rings is 1. The first-order chi connectivity index (χ1) is 9.72. The van der Waals surface area contributed by atoms with Crippen molar-refractivity contribution in [3.05, 3.63) is 34.7 Å². The van der Waals surface area contributed by atoms with Crippen LogP contribution < -0.4 is 10.6 Å². The molecular formula is C14H21BrIN5. The number of aliphatic imine (C=N–C) groups is 1. The SMILES string of the molecule is CCCNC(=NCc1cn2cc(Br)ccc2n1)NCC.I. The summed E-state index contributed by atoms with van der Waals surface area (Å²) in [7, 11) is 0. The quantitative estimate of drug-likeness (QED) is 0.405. The monoisotopic (exact) mass is 465 g/mol. The van der Waals surface area contributed by atoms with Gasteiger partial charge in [-0.25, -0.2) is 9.98 Å². The number of fused-ring (bicyclic) bond motifs is 1. The zero-order valence-corrected chi connectivity index (χ0v) is 16.2. The Morgan fingerprint density at radius 2 is 2.10 bits per heavy atom. The minimum atomic E-state index is 0. The molecule has 0 unspecified atom stereocenters. The van der Waals surface area contributed by atoms with Gasteiger partial charge in [-0.3, -0.25) is 0 Å². The van der Waals surface area contributed by atoms with Gasteiger partial charge in [-0.1, -0.05) is 6.92 Å². The first-order valence-electron chi connectivity index (χ1n) is 6.88. The molecule has 116 valence electrons. The van der Waals surface area contributed by atoms with Crippen molar-refractivity contribution in [2.24, 2.45) is 4.99 Å². The van der Waals surface area contributed by atoms with Crippen LogP contribution in [0.25, 0.3) is 5.65 Å². The van der Waals surface area contributed by atoms with E-state index in [0.717, 1.165) is 41.3 Å². The van der Waals surface area contributed by atoms with Gasteiger partial charge < -0.3 is 15.0 Å². The Kier molecular flexibility index (Phi) is 8.02. The van der Waals surface area contributed by atoms with Gasteiger partial charge in [0.25, 0.3) is 0 Å². The highest BCUT2D eigenvalue weighted by molar-refractivity contribution is 14.0.